The summed E-state index contributed by atoms with van der Waals surface area (Å²) in [6, 6.07) is 9.74. The van der Waals surface area contributed by atoms with Crippen molar-refractivity contribution < 1.29 is 24.1 Å². The van der Waals surface area contributed by atoms with Crippen molar-refractivity contribution in [3.8, 4) is 0 Å². The predicted molar refractivity (Wildman–Crippen MR) is 80.4 cm³/mol. The van der Waals surface area contributed by atoms with E-state index in [2.05, 4.69) is 0 Å². The Hall–Kier alpha value is -0.980. The first kappa shape index (κ1) is 15.9. The van der Waals surface area contributed by atoms with Gasteiger partial charge in [-0.05, 0) is 19.4 Å². The van der Waals surface area contributed by atoms with Gasteiger partial charge in [-0.3, -0.25) is 0 Å². The number of rotatable bonds is 3. The van der Waals surface area contributed by atoms with Crippen molar-refractivity contribution in [3.63, 3.8) is 0 Å². The van der Waals surface area contributed by atoms with Gasteiger partial charge in [0.1, 0.15) is 18.3 Å². The fourth-order valence-electron chi connectivity index (χ4n) is 3.18. The number of hydrogen-bond acceptors (Lipinski definition) is 5. The zero-order chi connectivity index (χ0) is 15.7. The van der Waals surface area contributed by atoms with Gasteiger partial charge in [-0.1, -0.05) is 30.3 Å². The molecule has 3 rings (SSSR count). The molecule has 22 heavy (non-hydrogen) atoms. The summed E-state index contributed by atoms with van der Waals surface area (Å²) >= 11 is 0. The molecule has 2 saturated heterocycles. The number of benzene rings is 1. The minimum atomic E-state index is -0.695. The summed E-state index contributed by atoms with van der Waals surface area (Å²) in [7, 11) is 1.62. The Morgan fingerprint density at radius 2 is 1.91 bits per heavy atom. The second-order valence-corrected chi connectivity index (χ2v) is 6.37. The first-order valence-electron chi connectivity index (χ1n) is 7.73. The third-order valence-electron chi connectivity index (χ3n) is 4.35. The molecular weight excluding hydrogens is 284 g/mol. The van der Waals surface area contributed by atoms with Crippen LogP contribution in [0.4, 0.5) is 0 Å². The van der Waals surface area contributed by atoms with Gasteiger partial charge in [-0.15, -0.1) is 0 Å². The average molecular weight is 308 g/mol. The van der Waals surface area contributed by atoms with E-state index in [0.717, 1.165) is 5.56 Å². The van der Waals surface area contributed by atoms with E-state index in [1.54, 1.807) is 7.11 Å². The Morgan fingerprint density at radius 1 is 1.18 bits per heavy atom. The van der Waals surface area contributed by atoms with Gasteiger partial charge in [0.25, 0.3) is 0 Å². The Balaban J connectivity index is 1.79. The molecule has 0 amide bonds. The van der Waals surface area contributed by atoms with Crippen LogP contribution in [0.2, 0.25) is 0 Å². The summed E-state index contributed by atoms with van der Waals surface area (Å²) in [6.07, 6.45) is -1.12. The molecule has 5 atom stereocenters. The third-order valence-corrected chi connectivity index (χ3v) is 4.35. The molecule has 0 aliphatic carbocycles. The topological polar surface area (TPSA) is 57.2 Å². The van der Waals surface area contributed by atoms with Crippen LogP contribution in [0.5, 0.6) is 0 Å². The zero-order valence-electron chi connectivity index (χ0n) is 13.3. The molecule has 2 aliphatic rings. The van der Waals surface area contributed by atoms with E-state index in [9.17, 15) is 5.11 Å². The quantitative estimate of drug-likeness (QED) is 0.926. The smallest absolute Gasteiger partial charge is 0.163 e. The molecule has 1 aromatic carbocycles. The SMILES string of the molecule is CO[C@H]1C[C@H]([C@@H]2COC(C)(C)O2)O[C@@H](c2ccccc2)[C@@H]1O. The van der Waals surface area contributed by atoms with Crippen molar-refractivity contribution in [1.29, 1.82) is 0 Å². The van der Waals surface area contributed by atoms with Gasteiger partial charge in [0.15, 0.2) is 5.79 Å². The molecule has 0 saturated carbocycles. The molecule has 0 aromatic heterocycles. The number of aliphatic hydroxyl groups excluding tert-OH is 1. The summed E-state index contributed by atoms with van der Waals surface area (Å²) in [5.41, 5.74) is 0.944. The normalized spacial score (nSPS) is 38.1. The van der Waals surface area contributed by atoms with Gasteiger partial charge in [-0.2, -0.15) is 0 Å². The van der Waals surface area contributed by atoms with Crippen LogP contribution in [0.25, 0.3) is 0 Å². The van der Waals surface area contributed by atoms with Gasteiger partial charge in [-0.25, -0.2) is 0 Å². The van der Waals surface area contributed by atoms with Crippen molar-refractivity contribution >= 4 is 0 Å². The van der Waals surface area contributed by atoms with E-state index in [0.29, 0.717) is 13.0 Å². The first-order valence-corrected chi connectivity index (χ1v) is 7.73. The lowest BCUT2D eigenvalue weighted by atomic mass is 9.91. The maximum Gasteiger partial charge on any atom is 0.163 e. The first-order chi connectivity index (χ1) is 10.5. The van der Waals surface area contributed by atoms with Crippen LogP contribution in [0.3, 0.4) is 0 Å². The van der Waals surface area contributed by atoms with E-state index in [1.807, 2.05) is 44.2 Å². The zero-order valence-corrected chi connectivity index (χ0v) is 13.3. The highest BCUT2D eigenvalue weighted by Gasteiger charge is 2.45. The lowest BCUT2D eigenvalue weighted by Crippen LogP contribution is -2.49. The molecule has 0 bridgehead atoms. The molecule has 1 aromatic rings. The van der Waals surface area contributed by atoms with Gasteiger partial charge >= 0.3 is 0 Å². The van der Waals surface area contributed by atoms with E-state index in [1.165, 1.54) is 0 Å². The van der Waals surface area contributed by atoms with Gasteiger partial charge < -0.3 is 24.1 Å². The van der Waals surface area contributed by atoms with E-state index in [-0.39, 0.29) is 18.3 Å². The van der Waals surface area contributed by atoms with E-state index in [4.69, 9.17) is 18.9 Å². The second-order valence-electron chi connectivity index (χ2n) is 6.37. The van der Waals surface area contributed by atoms with Crippen molar-refractivity contribution in [2.24, 2.45) is 0 Å². The third kappa shape index (κ3) is 3.19. The van der Waals surface area contributed by atoms with E-state index >= 15 is 0 Å². The summed E-state index contributed by atoms with van der Waals surface area (Å²) in [5, 5.41) is 10.5. The van der Waals surface area contributed by atoms with Crippen molar-refractivity contribution in [3.05, 3.63) is 35.9 Å². The Morgan fingerprint density at radius 3 is 2.50 bits per heavy atom. The highest BCUT2D eigenvalue weighted by Crippen LogP contribution is 2.37. The van der Waals surface area contributed by atoms with E-state index < -0.39 is 18.0 Å². The van der Waals surface area contributed by atoms with Crippen LogP contribution in [-0.4, -0.2) is 49.0 Å². The number of methoxy groups -OCH3 is 1. The Labute approximate surface area is 131 Å². The highest BCUT2D eigenvalue weighted by atomic mass is 16.7. The van der Waals surface area contributed by atoms with Crippen molar-refractivity contribution in [2.75, 3.05) is 13.7 Å². The molecule has 0 radical (unpaired) electrons. The van der Waals surface area contributed by atoms with Gasteiger partial charge in [0, 0.05) is 13.5 Å². The highest BCUT2D eigenvalue weighted by molar-refractivity contribution is 5.20. The largest absolute Gasteiger partial charge is 0.387 e. The van der Waals surface area contributed by atoms with Crippen LogP contribution in [0.15, 0.2) is 30.3 Å². The molecule has 5 nitrogen and oxygen atoms in total. The van der Waals surface area contributed by atoms with Crippen molar-refractivity contribution in [1.82, 2.24) is 0 Å². The Kier molecular flexibility index (Phi) is 4.52. The van der Waals surface area contributed by atoms with Crippen LogP contribution in [0, 0.1) is 0 Å². The summed E-state index contributed by atoms with van der Waals surface area (Å²) < 4.78 is 23.2. The van der Waals surface area contributed by atoms with Crippen LogP contribution >= 0.6 is 0 Å². The maximum atomic E-state index is 10.5. The molecule has 5 heteroatoms. The van der Waals surface area contributed by atoms with Crippen molar-refractivity contribution in [2.45, 2.75) is 56.6 Å². The molecule has 0 spiro atoms. The maximum absolute atomic E-state index is 10.5. The molecule has 122 valence electrons. The predicted octanol–water partition coefficient (Wildman–Crippen LogP) is 2.04. The fraction of sp³-hybridized carbons (Fsp3) is 0.647. The monoisotopic (exact) mass is 308 g/mol. The van der Waals surface area contributed by atoms with Crippen LogP contribution < -0.4 is 0 Å². The average Bonchev–Trinajstić information content (AvgIpc) is 2.88. The number of hydrogen-bond donors (Lipinski definition) is 1. The standard InChI is InChI=1S/C17H24O5/c1-17(2)20-10-14(22-17)12-9-13(19-3)15(18)16(21-12)11-7-5-4-6-8-11/h4-8,12-16,18H,9-10H2,1-3H3/t12-,13+,14+,15-,16+/m1/s1. The summed E-state index contributed by atoms with van der Waals surface area (Å²) in [5.74, 6) is -0.588. The molecular formula is C17H24O5. The van der Waals surface area contributed by atoms with Gasteiger partial charge in [0.05, 0.1) is 18.8 Å². The number of ether oxygens (including phenoxy) is 4. The van der Waals surface area contributed by atoms with Crippen LogP contribution in [-0.2, 0) is 18.9 Å². The molecule has 2 aliphatic heterocycles. The van der Waals surface area contributed by atoms with Gasteiger partial charge in [0.2, 0.25) is 0 Å². The lowest BCUT2D eigenvalue weighted by molar-refractivity contribution is -0.216. The Bertz CT molecular complexity index is 489. The fourth-order valence-corrected chi connectivity index (χ4v) is 3.18. The molecule has 0 unspecified atom stereocenters. The summed E-state index contributed by atoms with van der Waals surface area (Å²) in [4.78, 5) is 0. The minimum absolute atomic E-state index is 0.147. The molecule has 2 fully saturated rings. The second kappa shape index (κ2) is 6.26. The summed E-state index contributed by atoms with van der Waals surface area (Å²) in [6.45, 7) is 4.28. The minimum Gasteiger partial charge on any atom is -0.387 e. The molecule has 1 N–H and O–H groups in total. The van der Waals surface area contributed by atoms with Crippen LogP contribution in [0.1, 0.15) is 31.9 Å². The number of aliphatic hydroxyl groups is 1. The molecule has 2 heterocycles. The lowest BCUT2D eigenvalue weighted by Gasteiger charge is -2.40.